The van der Waals surface area contributed by atoms with E-state index in [4.69, 9.17) is 0 Å². The van der Waals surface area contributed by atoms with Crippen LogP contribution in [-0.2, 0) is 10.1 Å². The average molecular weight is 137 g/mol. The largest absolute Gasteiger partial charge is 0.271 e. The van der Waals surface area contributed by atoms with E-state index < -0.39 is 10.1 Å². The Bertz CT molecular complexity index is 111. The van der Waals surface area contributed by atoms with Gasteiger partial charge in [-0.25, -0.2) is 0 Å². The van der Waals surface area contributed by atoms with Gasteiger partial charge in [-0.1, -0.05) is 17.0 Å². The van der Waals surface area contributed by atoms with Crippen LogP contribution in [0.15, 0.2) is 0 Å². The molecule has 0 N–H and O–H groups in total. The van der Waals surface area contributed by atoms with E-state index in [0.717, 1.165) is 5.75 Å². The van der Waals surface area contributed by atoms with Crippen molar-refractivity contribution < 1.29 is 4.21 Å². The van der Waals surface area contributed by atoms with Crippen LogP contribution < -0.4 is 0 Å². The van der Waals surface area contributed by atoms with E-state index in [1.165, 1.54) is 0 Å². The highest BCUT2D eigenvalue weighted by atomic mass is 32.3. The molecule has 0 spiro atoms. The zero-order valence-electron chi connectivity index (χ0n) is 6.01. The average Bonchev–Trinajstić information content (AvgIpc) is 1.67. The van der Waals surface area contributed by atoms with Gasteiger partial charge in [-0.2, -0.15) is 0 Å². The first kappa shape index (κ1) is 8.11. The van der Waals surface area contributed by atoms with Crippen molar-refractivity contribution in [3.63, 3.8) is 0 Å². The monoisotopic (exact) mass is 137 g/mol. The molecule has 0 heterocycles. The lowest BCUT2D eigenvalue weighted by atomic mass is 11.0. The molecule has 3 heteroatoms. The van der Waals surface area contributed by atoms with Crippen LogP contribution in [0.3, 0.4) is 0 Å². The fourth-order valence-electron chi connectivity index (χ4n) is 0.283. The summed E-state index contributed by atoms with van der Waals surface area (Å²) in [6.07, 6.45) is 1.80. The van der Waals surface area contributed by atoms with E-state index >= 15 is 0 Å². The summed E-state index contributed by atoms with van der Waals surface area (Å²) in [6.45, 7) is 1.95. The predicted octanol–water partition coefficient (Wildman–Crippen LogP) is 0.129. The molecule has 0 amide bonds. The van der Waals surface area contributed by atoms with Crippen molar-refractivity contribution in [1.29, 1.82) is 0 Å². The van der Waals surface area contributed by atoms with E-state index in [0.29, 0.717) is 0 Å². The van der Waals surface area contributed by atoms with Crippen molar-refractivity contribution in [3.05, 3.63) is 0 Å². The molecule has 0 radical (unpaired) electrons. The molecule has 0 aliphatic rings. The Labute approximate surface area is 52.4 Å². The molecule has 0 unspecified atom stereocenters. The highest BCUT2D eigenvalue weighted by molar-refractivity contribution is 8.00. The number of hydrogen-bond donors (Lipinski definition) is 1. The van der Waals surface area contributed by atoms with Crippen molar-refractivity contribution in [2.75, 3.05) is 26.1 Å². The van der Waals surface area contributed by atoms with Gasteiger partial charge in [0, 0.05) is 12.0 Å². The van der Waals surface area contributed by atoms with Crippen LogP contribution in [0.4, 0.5) is 0 Å². The second kappa shape index (κ2) is 2.60. The molecule has 0 saturated heterocycles. The third-order valence-corrected chi connectivity index (χ3v) is 4.30. The van der Waals surface area contributed by atoms with E-state index in [1.54, 1.807) is 10.6 Å². The van der Waals surface area contributed by atoms with Crippen molar-refractivity contribution in [1.82, 2.24) is 4.31 Å². The van der Waals surface area contributed by atoms with Crippen molar-refractivity contribution in [2.45, 2.75) is 6.92 Å². The van der Waals surface area contributed by atoms with Gasteiger partial charge < -0.3 is 0 Å². The summed E-state index contributed by atoms with van der Waals surface area (Å²) in [5.41, 5.74) is 0. The predicted molar refractivity (Wildman–Crippen MR) is 39.7 cm³/mol. The molecule has 0 fully saturated rings. The summed E-state index contributed by atoms with van der Waals surface area (Å²) >= 11 is 0. The third-order valence-electron chi connectivity index (χ3n) is 1.43. The van der Waals surface area contributed by atoms with Gasteiger partial charge in [0.2, 0.25) is 0 Å². The van der Waals surface area contributed by atoms with Gasteiger partial charge in [0.15, 0.2) is 0 Å². The Morgan fingerprint density at radius 3 is 1.88 bits per heavy atom. The zero-order valence-corrected chi connectivity index (χ0v) is 6.90. The van der Waals surface area contributed by atoms with Crippen molar-refractivity contribution >= 4 is 10.1 Å². The molecule has 8 heavy (non-hydrogen) atoms. The van der Waals surface area contributed by atoms with Crippen LogP contribution in [0.25, 0.3) is 0 Å². The topological polar surface area (TPSA) is 20.3 Å². The van der Waals surface area contributed by atoms with Gasteiger partial charge >= 0.3 is 0 Å². The molecule has 0 aliphatic carbocycles. The summed E-state index contributed by atoms with van der Waals surface area (Å²) in [4.78, 5) is 0. The van der Waals surface area contributed by atoms with Crippen LogP contribution in [-0.4, -0.2) is 34.6 Å². The maximum atomic E-state index is 11.2. The van der Waals surface area contributed by atoms with Crippen LogP contribution in [0.1, 0.15) is 6.92 Å². The van der Waals surface area contributed by atoms with Crippen LogP contribution in [0.2, 0.25) is 0 Å². The van der Waals surface area contributed by atoms with Gasteiger partial charge in [0.25, 0.3) is 0 Å². The van der Waals surface area contributed by atoms with Gasteiger partial charge in [-0.15, -0.1) is 0 Å². The normalized spacial score (nSPS) is 14.6. The third kappa shape index (κ3) is 1.92. The molecule has 2 nitrogen and oxygen atoms in total. The highest BCUT2D eigenvalue weighted by Gasteiger charge is 2.05. The van der Waals surface area contributed by atoms with Crippen molar-refractivity contribution in [2.24, 2.45) is 0 Å². The lowest BCUT2D eigenvalue weighted by molar-refractivity contribution is 0.589. The van der Waals surface area contributed by atoms with Gasteiger partial charge in [-0.3, -0.25) is 8.51 Å². The molecule has 0 rings (SSSR count). The lowest BCUT2D eigenvalue weighted by Crippen LogP contribution is -2.30. The zero-order chi connectivity index (χ0) is 6.78. The maximum Gasteiger partial charge on any atom is 0.00987 e. The van der Waals surface area contributed by atoms with Crippen LogP contribution >= 0.6 is 0 Å². The summed E-state index contributed by atoms with van der Waals surface area (Å²) in [6, 6.07) is 0. The minimum absolute atomic E-state index is 0.764. The quantitative estimate of drug-likeness (QED) is 0.536. The molecule has 0 aromatic carbocycles. The van der Waals surface area contributed by atoms with Crippen LogP contribution in [0, 0.1) is 0 Å². The number of hydrogen-bond acceptors (Lipinski definition) is 1. The Balaban J connectivity index is 3.93. The smallest absolute Gasteiger partial charge is 0.00987 e. The molecule has 0 aromatic heterocycles. The Morgan fingerprint density at radius 1 is 1.50 bits per heavy atom. The minimum Gasteiger partial charge on any atom is -0.271 e. The van der Waals surface area contributed by atoms with Gasteiger partial charge in [-0.05, 0) is 14.1 Å². The van der Waals surface area contributed by atoms with Gasteiger partial charge in [0.05, 0.1) is 0 Å². The fraction of sp³-hybridized carbons (Fsp3) is 1.00. The first-order valence-electron chi connectivity index (χ1n) is 2.75. The summed E-state index contributed by atoms with van der Waals surface area (Å²) in [5.74, 6) is 0.764. The SMILES string of the molecule is CC[SH](C)(=O)N(C)C. The number of thiol groups is 1. The standard InChI is InChI=1S/C5H15NOS/c1-5-8(4,7)6(2)3/h8H,5H2,1-4H3. The maximum absolute atomic E-state index is 11.2. The second-order valence-electron chi connectivity index (χ2n) is 2.21. The first-order chi connectivity index (χ1) is 3.50. The molecule has 0 aliphatic heterocycles. The summed E-state index contributed by atoms with van der Waals surface area (Å²) < 4.78 is 13.0. The summed E-state index contributed by atoms with van der Waals surface area (Å²) in [7, 11) is 1.79. The molecular formula is C5H15NOS. The van der Waals surface area contributed by atoms with Gasteiger partial charge in [0.1, 0.15) is 0 Å². The Hall–Kier alpha value is 0.110. The molecule has 0 bridgehead atoms. The number of nitrogens with zero attached hydrogens (tertiary/aromatic N) is 1. The molecule has 52 valence electrons. The lowest BCUT2D eigenvalue weighted by Gasteiger charge is -2.24. The highest BCUT2D eigenvalue weighted by Crippen LogP contribution is 1.99. The minimum atomic E-state index is -1.91. The van der Waals surface area contributed by atoms with E-state index in [-0.39, 0.29) is 0 Å². The van der Waals surface area contributed by atoms with E-state index in [1.807, 2.05) is 21.0 Å². The summed E-state index contributed by atoms with van der Waals surface area (Å²) in [5, 5.41) is 0. The van der Waals surface area contributed by atoms with E-state index in [9.17, 15) is 4.21 Å². The van der Waals surface area contributed by atoms with E-state index in [2.05, 4.69) is 0 Å². The molecule has 0 saturated carbocycles. The second-order valence-corrected chi connectivity index (χ2v) is 5.75. The van der Waals surface area contributed by atoms with Crippen molar-refractivity contribution in [3.8, 4) is 0 Å². The fourth-order valence-corrected chi connectivity index (χ4v) is 0.849. The van der Waals surface area contributed by atoms with Crippen LogP contribution in [0.5, 0.6) is 0 Å². The molecular weight excluding hydrogens is 122 g/mol. The first-order valence-corrected chi connectivity index (χ1v) is 5.04. The number of rotatable bonds is 2. The Morgan fingerprint density at radius 2 is 1.88 bits per heavy atom. The molecule has 0 aromatic rings. The molecule has 0 atom stereocenters. The Kier molecular flexibility index (Phi) is 2.63.